The lowest BCUT2D eigenvalue weighted by molar-refractivity contribution is -0.117. The lowest BCUT2D eigenvalue weighted by atomic mass is 10.2. The van der Waals surface area contributed by atoms with Gasteiger partial charge in [-0.15, -0.1) is 0 Å². The number of nitrogens with one attached hydrogen (secondary N) is 3. The number of amides is 1. The van der Waals surface area contributed by atoms with E-state index in [1.165, 1.54) is 0 Å². The van der Waals surface area contributed by atoms with Crippen LogP contribution in [-0.2, 0) is 9.53 Å². The highest BCUT2D eigenvalue weighted by molar-refractivity contribution is 5.94. The first-order valence-electron chi connectivity index (χ1n) is 13.9. The molecule has 2 aromatic heterocycles. The minimum absolute atomic E-state index is 0.134. The third-order valence-corrected chi connectivity index (χ3v) is 6.91. The van der Waals surface area contributed by atoms with Gasteiger partial charge in [0.15, 0.2) is 17.5 Å². The highest BCUT2D eigenvalue weighted by atomic mass is 16.5. The summed E-state index contributed by atoms with van der Waals surface area (Å²) in [6.07, 6.45) is 2.06. The van der Waals surface area contributed by atoms with Crippen molar-refractivity contribution in [2.24, 2.45) is 5.92 Å². The summed E-state index contributed by atoms with van der Waals surface area (Å²) in [6, 6.07) is 15.3. The largest absolute Gasteiger partial charge is 0.497 e. The quantitative estimate of drug-likeness (QED) is 0.270. The number of carbonyl (C=O) groups is 1. The molecular formula is C30H37N7O4. The fourth-order valence-corrected chi connectivity index (χ4v) is 4.41. The van der Waals surface area contributed by atoms with Crippen molar-refractivity contribution in [1.82, 2.24) is 20.2 Å². The second kappa shape index (κ2) is 12.9. The molecule has 0 unspecified atom stereocenters. The van der Waals surface area contributed by atoms with E-state index in [1.54, 1.807) is 14.2 Å². The summed E-state index contributed by atoms with van der Waals surface area (Å²) in [4.78, 5) is 23.1. The van der Waals surface area contributed by atoms with Crippen LogP contribution in [0.4, 0.5) is 23.1 Å². The summed E-state index contributed by atoms with van der Waals surface area (Å²) in [6.45, 7) is 7.07. The minimum atomic E-state index is 0.134. The number of anilines is 4. The van der Waals surface area contributed by atoms with E-state index in [0.29, 0.717) is 30.6 Å². The molecule has 4 aromatic rings. The number of ether oxygens (including phenoxy) is 3. The van der Waals surface area contributed by atoms with Gasteiger partial charge in [0.1, 0.15) is 11.6 Å². The minimum Gasteiger partial charge on any atom is -0.497 e. The maximum Gasteiger partial charge on any atom is 0.227 e. The lowest BCUT2D eigenvalue weighted by Crippen LogP contribution is -2.37. The summed E-state index contributed by atoms with van der Waals surface area (Å²) in [5, 5.41) is 14.6. The molecule has 0 radical (unpaired) electrons. The number of hydrogen-bond acceptors (Lipinski definition) is 9. The topological polar surface area (TPSA) is 127 Å². The highest BCUT2D eigenvalue weighted by Crippen LogP contribution is 2.37. The van der Waals surface area contributed by atoms with Gasteiger partial charge in [0.2, 0.25) is 11.7 Å². The van der Waals surface area contributed by atoms with Crippen LogP contribution in [0.25, 0.3) is 10.9 Å². The van der Waals surface area contributed by atoms with Crippen molar-refractivity contribution in [3.8, 4) is 11.5 Å². The maximum atomic E-state index is 11.4. The Morgan fingerprint density at radius 2 is 1.73 bits per heavy atom. The number of benzene rings is 2. The van der Waals surface area contributed by atoms with Crippen LogP contribution in [0.15, 0.2) is 48.5 Å². The molecule has 2 fully saturated rings. The van der Waals surface area contributed by atoms with E-state index in [1.807, 2.05) is 48.5 Å². The molecule has 2 aliphatic rings. The van der Waals surface area contributed by atoms with Crippen LogP contribution < -0.4 is 25.0 Å². The number of fused-ring (bicyclic) bond motifs is 1. The molecule has 0 atom stereocenters. The van der Waals surface area contributed by atoms with Gasteiger partial charge in [-0.2, -0.15) is 5.10 Å². The van der Waals surface area contributed by atoms with Crippen LogP contribution in [0.5, 0.6) is 11.5 Å². The number of para-hydroxylation sites is 1. The first-order valence-corrected chi connectivity index (χ1v) is 13.9. The van der Waals surface area contributed by atoms with Crippen LogP contribution in [-0.4, -0.2) is 66.6 Å². The highest BCUT2D eigenvalue weighted by Gasteiger charge is 2.29. The van der Waals surface area contributed by atoms with E-state index in [-0.39, 0.29) is 17.7 Å². The summed E-state index contributed by atoms with van der Waals surface area (Å²) in [5.74, 6) is 4.88. The number of rotatable bonds is 8. The van der Waals surface area contributed by atoms with Gasteiger partial charge in [0.05, 0.1) is 33.0 Å². The Hall–Kier alpha value is -4.38. The lowest BCUT2D eigenvalue weighted by Gasteiger charge is -2.30. The Labute approximate surface area is 239 Å². The van der Waals surface area contributed by atoms with Gasteiger partial charge in [0.25, 0.3) is 0 Å². The third-order valence-electron chi connectivity index (χ3n) is 6.91. The van der Waals surface area contributed by atoms with E-state index in [0.717, 1.165) is 59.9 Å². The number of aromatic nitrogens is 4. The van der Waals surface area contributed by atoms with E-state index in [2.05, 4.69) is 39.6 Å². The standard InChI is InChI=1S/C19H24N6O2.C11H13NO2/c1-12(2)16-20-18(21-17-13-6-4-5-7-14(13)23-24-17)15(26-3)19(22-16)25-8-10-27-11-9-25;1-14-10-6-4-9(5-7-10)12-11(13)8-2-3-8/h4-7,12H,8-11H2,1-3H3,(H2,20,21,22,23,24);4-8H,2-3H2,1H3,(H,12,13). The molecule has 1 aliphatic carbocycles. The summed E-state index contributed by atoms with van der Waals surface area (Å²) >= 11 is 0. The summed E-state index contributed by atoms with van der Waals surface area (Å²) < 4.78 is 16.2. The Morgan fingerprint density at radius 1 is 1.00 bits per heavy atom. The summed E-state index contributed by atoms with van der Waals surface area (Å²) in [5.41, 5.74) is 1.80. The molecule has 0 spiro atoms. The molecular weight excluding hydrogens is 522 g/mol. The molecule has 3 N–H and O–H groups in total. The Bertz CT molecular complexity index is 1460. The van der Waals surface area contributed by atoms with Gasteiger partial charge in [-0.05, 0) is 49.2 Å². The predicted octanol–water partition coefficient (Wildman–Crippen LogP) is 5.11. The zero-order valence-electron chi connectivity index (χ0n) is 23.9. The van der Waals surface area contributed by atoms with Gasteiger partial charge in [-0.1, -0.05) is 26.0 Å². The first kappa shape index (κ1) is 28.2. The fraction of sp³-hybridized carbons (Fsp3) is 0.400. The van der Waals surface area contributed by atoms with Crippen molar-refractivity contribution in [3.63, 3.8) is 0 Å². The fourth-order valence-electron chi connectivity index (χ4n) is 4.41. The van der Waals surface area contributed by atoms with Crippen molar-refractivity contribution >= 4 is 40.0 Å². The molecule has 6 rings (SSSR count). The smallest absolute Gasteiger partial charge is 0.227 e. The van der Waals surface area contributed by atoms with Gasteiger partial charge >= 0.3 is 0 Å². The number of hydrogen-bond donors (Lipinski definition) is 3. The molecule has 216 valence electrons. The molecule has 11 heteroatoms. The second-order valence-corrected chi connectivity index (χ2v) is 10.3. The second-order valence-electron chi connectivity index (χ2n) is 10.3. The molecule has 1 amide bonds. The zero-order chi connectivity index (χ0) is 28.8. The van der Waals surface area contributed by atoms with Gasteiger partial charge < -0.3 is 29.7 Å². The molecule has 1 aliphatic heterocycles. The number of methoxy groups -OCH3 is 2. The van der Waals surface area contributed by atoms with Crippen molar-refractivity contribution in [1.29, 1.82) is 0 Å². The monoisotopic (exact) mass is 559 g/mol. The number of H-pyrrole nitrogens is 1. The first-order chi connectivity index (χ1) is 20.0. The zero-order valence-corrected chi connectivity index (χ0v) is 23.9. The predicted molar refractivity (Wildman–Crippen MR) is 159 cm³/mol. The SMILES string of the molecule is COc1c(Nc2n[nH]c3ccccc23)nc(C(C)C)nc1N1CCOCC1.COc1ccc(NC(=O)C2CC2)cc1. The number of morpholine rings is 1. The summed E-state index contributed by atoms with van der Waals surface area (Å²) in [7, 11) is 3.27. The van der Waals surface area contributed by atoms with Gasteiger partial charge in [-0.25, -0.2) is 9.97 Å². The van der Waals surface area contributed by atoms with Crippen molar-refractivity contribution in [2.75, 3.05) is 56.1 Å². The van der Waals surface area contributed by atoms with E-state index in [4.69, 9.17) is 24.2 Å². The molecule has 11 nitrogen and oxygen atoms in total. The van der Waals surface area contributed by atoms with E-state index < -0.39 is 0 Å². The normalized spacial score (nSPS) is 14.8. The van der Waals surface area contributed by atoms with Crippen molar-refractivity contribution < 1.29 is 19.0 Å². The number of aromatic amines is 1. The average molecular weight is 560 g/mol. The Balaban J connectivity index is 0.000000202. The maximum absolute atomic E-state index is 11.4. The van der Waals surface area contributed by atoms with Crippen LogP contribution >= 0.6 is 0 Å². The van der Waals surface area contributed by atoms with E-state index >= 15 is 0 Å². The van der Waals surface area contributed by atoms with Crippen LogP contribution in [0.3, 0.4) is 0 Å². The molecule has 2 aromatic carbocycles. The van der Waals surface area contributed by atoms with Gasteiger partial charge in [0, 0.05) is 36.0 Å². The van der Waals surface area contributed by atoms with Crippen LogP contribution in [0.2, 0.25) is 0 Å². The molecule has 0 bridgehead atoms. The Morgan fingerprint density at radius 3 is 2.39 bits per heavy atom. The van der Waals surface area contributed by atoms with Crippen LogP contribution in [0.1, 0.15) is 38.4 Å². The number of nitrogens with zero attached hydrogens (tertiary/aromatic N) is 4. The average Bonchev–Trinajstić information content (AvgIpc) is 3.79. The molecule has 3 heterocycles. The molecule has 41 heavy (non-hydrogen) atoms. The Kier molecular flexibility index (Phi) is 8.83. The van der Waals surface area contributed by atoms with E-state index in [9.17, 15) is 4.79 Å². The van der Waals surface area contributed by atoms with Crippen LogP contribution in [0, 0.1) is 5.92 Å². The van der Waals surface area contributed by atoms with Crippen molar-refractivity contribution in [2.45, 2.75) is 32.6 Å². The molecule has 1 saturated carbocycles. The molecule has 1 saturated heterocycles. The third kappa shape index (κ3) is 6.86. The van der Waals surface area contributed by atoms with Gasteiger partial charge in [-0.3, -0.25) is 9.89 Å². The number of carbonyl (C=O) groups excluding carboxylic acids is 1. The van der Waals surface area contributed by atoms with Crippen molar-refractivity contribution in [3.05, 3.63) is 54.4 Å².